The third-order valence-corrected chi connectivity index (χ3v) is 2.84. The summed E-state index contributed by atoms with van der Waals surface area (Å²) in [6.45, 7) is 6.60. The molecule has 7 heteroatoms. The van der Waals surface area contributed by atoms with Crippen LogP contribution in [0.1, 0.15) is 20.8 Å². The second kappa shape index (κ2) is 8.93. The zero-order chi connectivity index (χ0) is 18.2. The molecule has 1 rings (SSSR count). The molecule has 0 aromatic heterocycles. The molecule has 7 nitrogen and oxygen atoms in total. The van der Waals surface area contributed by atoms with Crippen LogP contribution >= 0.6 is 0 Å². The number of carbonyl (C=O) groups excluding carboxylic acids is 2. The van der Waals surface area contributed by atoms with Crippen molar-refractivity contribution in [3.8, 4) is 5.75 Å². The Morgan fingerprint density at radius 1 is 1.29 bits per heavy atom. The van der Waals surface area contributed by atoms with Crippen molar-refractivity contribution in [3.63, 3.8) is 0 Å². The lowest BCUT2D eigenvalue weighted by Gasteiger charge is -2.15. The molecule has 0 aliphatic heterocycles. The SMILES string of the molecule is CON(C)C(=O)Nc1cccc(OC(=O)NCC=CC(C)(C)C)c1. The number of nitrogens with one attached hydrogen (secondary N) is 2. The maximum Gasteiger partial charge on any atom is 0.412 e. The molecule has 0 radical (unpaired) electrons. The number of allylic oxidation sites excluding steroid dienone is 1. The lowest BCUT2D eigenvalue weighted by molar-refractivity contribution is -0.0598. The highest BCUT2D eigenvalue weighted by atomic mass is 16.7. The van der Waals surface area contributed by atoms with E-state index in [1.807, 2.05) is 12.2 Å². The van der Waals surface area contributed by atoms with Gasteiger partial charge in [-0.2, -0.15) is 0 Å². The molecule has 0 saturated carbocycles. The first kappa shape index (κ1) is 19.5. The zero-order valence-corrected chi connectivity index (χ0v) is 14.8. The number of ether oxygens (including phenoxy) is 1. The lowest BCUT2D eigenvalue weighted by Crippen LogP contribution is -2.30. The molecule has 0 spiro atoms. The third-order valence-electron chi connectivity index (χ3n) is 2.84. The van der Waals surface area contributed by atoms with Gasteiger partial charge < -0.3 is 15.4 Å². The van der Waals surface area contributed by atoms with Crippen LogP contribution in [0.25, 0.3) is 0 Å². The first-order valence-electron chi connectivity index (χ1n) is 7.53. The molecule has 0 fully saturated rings. The molecule has 3 amide bonds. The topological polar surface area (TPSA) is 79.9 Å². The summed E-state index contributed by atoms with van der Waals surface area (Å²) >= 11 is 0. The van der Waals surface area contributed by atoms with Gasteiger partial charge in [-0.05, 0) is 17.5 Å². The van der Waals surface area contributed by atoms with Crippen LogP contribution in [0.4, 0.5) is 15.3 Å². The number of hydrogen-bond acceptors (Lipinski definition) is 4. The summed E-state index contributed by atoms with van der Waals surface area (Å²) in [6.07, 6.45) is 3.32. The van der Waals surface area contributed by atoms with E-state index >= 15 is 0 Å². The van der Waals surface area contributed by atoms with Crippen molar-refractivity contribution in [2.24, 2.45) is 5.41 Å². The third kappa shape index (κ3) is 7.64. The van der Waals surface area contributed by atoms with Crippen LogP contribution in [0, 0.1) is 5.41 Å². The van der Waals surface area contributed by atoms with Crippen molar-refractivity contribution >= 4 is 17.8 Å². The Morgan fingerprint density at radius 3 is 2.62 bits per heavy atom. The molecule has 0 aliphatic carbocycles. The molecular formula is C17H25N3O4. The van der Waals surface area contributed by atoms with E-state index in [0.717, 1.165) is 5.06 Å². The van der Waals surface area contributed by atoms with Crippen molar-refractivity contribution < 1.29 is 19.2 Å². The number of amides is 3. The van der Waals surface area contributed by atoms with E-state index in [2.05, 4.69) is 31.4 Å². The average molecular weight is 335 g/mol. The van der Waals surface area contributed by atoms with Crippen LogP contribution in [-0.4, -0.2) is 37.9 Å². The Bertz CT molecular complexity index is 594. The van der Waals surface area contributed by atoms with Crippen LogP contribution in [0.3, 0.4) is 0 Å². The van der Waals surface area contributed by atoms with Gasteiger partial charge in [-0.3, -0.25) is 4.84 Å². The molecule has 0 atom stereocenters. The van der Waals surface area contributed by atoms with Crippen LogP contribution < -0.4 is 15.4 Å². The van der Waals surface area contributed by atoms with E-state index in [9.17, 15) is 9.59 Å². The smallest absolute Gasteiger partial charge is 0.410 e. The monoisotopic (exact) mass is 335 g/mol. The predicted molar refractivity (Wildman–Crippen MR) is 92.9 cm³/mol. The van der Waals surface area contributed by atoms with Gasteiger partial charge in [-0.15, -0.1) is 0 Å². The highest BCUT2D eigenvalue weighted by Gasteiger charge is 2.09. The van der Waals surface area contributed by atoms with E-state index < -0.39 is 12.1 Å². The minimum atomic E-state index is -0.564. The van der Waals surface area contributed by atoms with Gasteiger partial charge in [0.05, 0.1) is 7.11 Å². The normalized spacial score (nSPS) is 11.2. The molecule has 24 heavy (non-hydrogen) atoms. The van der Waals surface area contributed by atoms with Gasteiger partial charge in [-0.1, -0.05) is 39.0 Å². The van der Waals surface area contributed by atoms with Gasteiger partial charge in [0.25, 0.3) is 0 Å². The highest BCUT2D eigenvalue weighted by molar-refractivity contribution is 5.88. The molecule has 0 saturated heterocycles. The van der Waals surface area contributed by atoms with Crippen molar-refractivity contribution in [2.75, 3.05) is 26.0 Å². The summed E-state index contributed by atoms with van der Waals surface area (Å²) in [5.41, 5.74) is 0.551. The Labute approximate surface area is 142 Å². The van der Waals surface area contributed by atoms with Gasteiger partial charge in [0.2, 0.25) is 0 Å². The summed E-state index contributed by atoms with van der Waals surface area (Å²) in [5.74, 6) is 0.324. The molecule has 1 aromatic carbocycles. The van der Waals surface area contributed by atoms with Crippen LogP contribution in [-0.2, 0) is 4.84 Å². The average Bonchev–Trinajstić information content (AvgIpc) is 2.50. The number of urea groups is 1. The Balaban J connectivity index is 2.53. The summed E-state index contributed by atoms with van der Waals surface area (Å²) in [6, 6.07) is 6.08. The van der Waals surface area contributed by atoms with Gasteiger partial charge in [0.15, 0.2) is 0 Å². The largest absolute Gasteiger partial charge is 0.412 e. The number of nitrogens with zero attached hydrogens (tertiary/aromatic N) is 1. The molecule has 0 unspecified atom stereocenters. The fraction of sp³-hybridized carbons (Fsp3) is 0.412. The molecule has 2 N–H and O–H groups in total. The van der Waals surface area contributed by atoms with Crippen LogP contribution in [0.15, 0.2) is 36.4 Å². The minimum absolute atomic E-state index is 0.0630. The predicted octanol–water partition coefficient (Wildman–Crippen LogP) is 3.40. The standard InChI is InChI=1S/C17H25N3O4/c1-17(2,3)10-7-11-18-16(22)24-14-9-6-8-13(12-14)19-15(21)20(4)23-5/h6-10,12H,11H2,1-5H3,(H,18,22)(H,19,21). The molecular weight excluding hydrogens is 310 g/mol. The number of carbonyl (C=O) groups is 2. The number of hydroxylamine groups is 2. The summed E-state index contributed by atoms with van der Waals surface area (Å²) in [5, 5.41) is 6.29. The van der Waals surface area contributed by atoms with Crippen molar-refractivity contribution in [1.82, 2.24) is 10.4 Å². The molecule has 132 valence electrons. The maximum atomic E-state index is 11.7. The van der Waals surface area contributed by atoms with Gasteiger partial charge in [0, 0.05) is 25.3 Å². The highest BCUT2D eigenvalue weighted by Crippen LogP contribution is 2.18. The van der Waals surface area contributed by atoms with Crippen LogP contribution in [0.2, 0.25) is 0 Å². The molecule has 1 aromatic rings. The fourth-order valence-electron chi connectivity index (χ4n) is 1.62. The Hall–Kier alpha value is -2.54. The zero-order valence-electron chi connectivity index (χ0n) is 14.8. The minimum Gasteiger partial charge on any atom is -0.410 e. The fourth-order valence-corrected chi connectivity index (χ4v) is 1.62. The van der Waals surface area contributed by atoms with Crippen molar-refractivity contribution in [1.29, 1.82) is 0 Å². The van der Waals surface area contributed by atoms with Crippen LogP contribution in [0.5, 0.6) is 5.75 Å². The molecule has 0 heterocycles. The Kier molecular flexibility index (Phi) is 7.26. The lowest BCUT2D eigenvalue weighted by atomic mass is 9.96. The Morgan fingerprint density at radius 2 is 2.00 bits per heavy atom. The van der Waals surface area contributed by atoms with Gasteiger partial charge in [0.1, 0.15) is 5.75 Å². The van der Waals surface area contributed by atoms with E-state index in [4.69, 9.17) is 9.57 Å². The first-order chi connectivity index (χ1) is 11.2. The summed E-state index contributed by atoms with van der Waals surface area (Å²) in [4.78, 5) is 28.2. The maximum absolute atomic E-state index is 11.7. The van der Waals surface area contributed by atoms with E-state index in [1.54, 1.807) is 24.3 Å². The molecule has 0 bridgehead atoms. The number of benzene rings is 1. The number of anilines is 1. The summed E-state index contributed by atoms with van der Waals surface area (Å²) in [7, 11) is 2.87. The molecule has 0 aliphatic rings. The first-order valence-corrected chi connectivity index (χ1v) is 7.53. The van der Waals surface area contributed by atoms with Gasteiger partial charge >= 0.3 is 12.1 Å². The van der Waals surface area contributed by atoms with Crippen molar-refractivity contribution in [2.45, 2.75) is 20.8 Å². The number of hydrogen-bond donors (Lipinski definition) is 2. The second-order valence-corrected chi connectivity index (χ2v) is 6.18. The van der Waals surface area contributed by atoms with E-state index in [0.29, 0.717) is 18.0 Å². The van der Waals surface area contributed by atoms with E-state index in [1.165, 1.54) is 14.2 Å². The quantitative estimate of drug-likeness (QED) is 0.638. The number of rotatable bonds is 5. The second-order valence-electron chi connectivity index (χ2n) is 6.18. The van der Waals surface area contributed by atoms with Crippen molar-refractivity contribution in [3.05, 3.63) is 36.4 Å². The van der Waals surface area contributed by atoms with Gasteiger partial charge in [-0.25, -0.2) is 14.7 Å². The summed E-state index contributed by atoms with van der Waals surface area (Å²) < 4.78 is 5.18. The van der Waals surface area contributed by atoms with E-state index in [-0.39, 0.29) is 5.41 Å².